The molecule has 1 aliphatic carbocycles. The quantitative estimate of drug-likeness (QED) is 0.724. The lowest BCUT2D eigenvalue weighted by molar-refractivity contribution is 0.188. The summed E-state index contributed by atoms with van der Waals surface area (Å²) in [5.74, 6) is 1.02. The van der Waals surface area contributed by atoms with E-state index in [1.165, 1.54) is 0 Å². The third-order valence-corrected chi connectivity index (χ3v) is 2.89. The highest BCUT2D eigenvalue weighted by Crippen LogP contribution is 2.29. The monoisotopic (exact) mass is 196 g/mol. The Balaban J connectivity index is 2.16. The molecule has 4 heteroatoms. The minimum Gasteiger partial charge on any atom is -0.465 e. The van der Waals surface area contributed by atoms with Crippen molar-refractivity contribution in [2.45, 2.75) is 32.1 Å². The Kier molecular flexibility index (Phi) is 4.24. The second-order valence-electron chi connectivity index (χ2n) is 3.94. The van der Waals surface area contributed by atoms with E-state index in [9.17, 15) is 4.79 Å². The van der Waals surface area contributed by atoms with Gasteiger partial charge in [0.05, 0.1) is 6.07 Å². The van der Waals surface area contributed by atoms with Crippen LogP contribution in [0.2, 0.25) is 0 Å². The fourth-order valence-electron chi connectivity index (χ4n) is 2.00. The number of carboxylic acid groups (broad SMARTS) is 1. The average molecular weight is 196 g/mol. The van der Waals surface area contributed by atoms with E-state index in [4.69, 9.17) is 10.4 Å². The zero-order valence-electron chi connectivity index (χ0n) is 8.20. The Labute approximate surface area is 83.9 Å². The van der Waals surface area contributed by atoms with Crippen molar-refractivity contribution in [3.05, 3.63) is 0 Å². The van der Waals surface area contributed by atoms with Gasteiger partial charge in [-0.3, -0.25) is 0 Å². The molecule has 78 valence electrons. The molecule has 4 nitrogen and oxygen atoms in total. The predicted octanol–water partition coefficient (Wildman–Crippen LogP) is 1.97. The summed E-state index contributed by atoms with van der Waals surface area (Å²) in [6.07, 6.45) is 3.95. The Morgan fingerprint density at radius 3 is 2.43 bits per heavy atom. The maximum absolute atomic E-state index is 10.3. The highest BCUT2D eigenvalue weighted by Gasteiger charge is 2.20. The van der Waals surface area contributed by atoms with Gasteiger partial charge in [-0.1, -0.05) is 0 Å². The normalized spacial score (nSPS) is 26.5. The standard InChI is InChI=1S/C10H16N2O2/c11-6-5-8-1-3-9(4-2-8)7-12-10(13)14/h8-9,12H,1-5,7H2,(H,13,14)/t8-,9-. The second kappa shape index (κ2) is 5.48. The largest absolute Gasteiger partial charge is 0.465 e. The first-order valence-corrected chi connectivity index (χ1v) is 5.06. The van der Waals surface area contributed by atoms with Crippen LogP contribution in [0.1, 0.15) is 32.1 Å². The van der Waals surface area contributed by atoms with Crippen LogP contribution in [0, 0.1) is 23.2 Å². The van der Waals surface area contributed by atoms with Crippen LogP contribution in [-0.2, 0) is 0 Å². The van der Waals surface area contributed by atoms with Crippen LogP contribution in [0.25, 0.3) is 0 Å². The molecular weight excluding hydrogens is 180 g/mol. The van der Waals surface area contributed by atoms with Crippen molar-refractivity contribution in [3.8, 4) is 6.07 Å². The molecule has 1 rings (SSSR count). The van der Waals surface area contributed by atoms with Gasteiger partial charge in [0, 0.05) is 13.0 Å². The highest BCUT2D eigenvalue weighted by molar-refractivity contribution is 5.64. The summed E-state index contributed by atoms with van der Waals surface area (Å²) in [5.41, 5.74) is 0. The maximum Gasteiger partial charge on any atom is 0.404 e. The zero-order valence-corrected chi connectivity index (χ0v) is 8.20. The molecule has 0 saturated heterocycles. The van der Waals surface area contributed by atoms with Crippen LogP contribution >= 0.6 is 0 Å². The average Bonchev–Trinajstić information content (AvgIpc) is 2.17. The van der Waals surface area contributed by atoms with Crippen molar-refractivity contribution in [2.75, 3.05) is 6.54 Å². The van der Waals surface area contributed by atoms with Crippen molar-refractivity contribution in [3.63, 3.8) is 0 Å². The lowest BCUT2D eigenvalue weighted by Gasteiger charge is -2.26. The number of amides is 1. The number of nitriles is 1. The van der Waals surface area contributed by atoms with E-state index in [0.717, 1.165) is 25.7 Å². The van der Waals surface area contributed by atoms with Gasteiger partial charge in [0.2, 0.25) is 0 Å². The molecular formula is C10H16N2O2. The molecule has 0 unspecified atom stereocenters. The van der Waals surface area contributed by atoms with Gasteiger partial charge in [-0.05, 0) is 37.5 Å². The molecule has 0 radical (unpaired) electrons. The summed E-state index contributed by atoms with van der Waals surface area (Å²) in [5, 5.41) is 19.4. The van der Waals surface area contributed by atoms with Gasteiger partial charge in [-0.25, -0.2) is 4.79 Å². The van der Waals surface area contributed by atoms with E-state index >= 15 is 0 Å². The Morgan fingerprint density at radius 2 is 1.93 bits per heavy atom. The van der Waals surface area contributed by atoms with Crippen molar-refractivity contribution >= 4 is 6.09 Å². The van der Waals surface area contributed by atoms with Gasteiger partial charge in [-0.2, -0.15) is 5.26 Å². The molecule has 0 aromatic heterocycles. The van der Waals surface area contributed by atoms with Crippen molar-refractivity contribution < 1.29 is 9.90 Å². The molecule has 0 aromatic rings. The van der Waals surface area contributed by atoms with Crippen molar-refractivity contribution in [1.29, 1.82) is 5.26 Å². The van der Waals surface area contributed by atoms with Crippen molar-refractivity contribution in [2.24, 2.45) is 11.8 Å². The van der Waals surface area contributed by atoms with Crippen LogP contribution in [0.5, 0.6) is 0 Å². The van der Waals surface area contributed by atoms with E-state index in [0.29, 0.717) is 24.8 Å². The first kappa shape index (κ1) is 10.8. The third-order valence-electron chi connectivity index (χ3n) is 2.89. The Bertz CT molecular complexity index is 227. The van der Waals surface area contributed by atoms with E-state index in [2.05, 4.69) is 11.4 Å². The van der Waals surface area contributed by atoms with E-state index in [1.54, 1.807) is 0 Å². The van der Waals surface area contributed by atoms with Crippen molar-refractivity contribution in [1.82, 2.24) is 5.32 Å². The Morgan fingerprint density at radius 1 is 1.36 bits per heavy atom. The number of nitrogens with one attached hydrogen (secondary N) is 1. The molecule has 14 heavy (non-hydrogen) atoms. The first-order valence-electron chi connectivity index (χ1n) is 5.06. The lowest BCUT2D eigenvalue weighted by Crippen LogP contribution is -2.29. The van der Waals surface area contributed by atoms with Crippen LogP contribution in [0.15, 0.2) is 0 Å². The van der Waals surface area contributed by atoms with Crippen LogP contribution in [0.3, 0.4) is 0 Å². The van der Waals surface area contributed by atoms with Crippen LogP contribution in [-0.4, -0.2) is 17.7 Å². The molecule has 1 amide bonds. The molecule has 0 spiro atoms. The molecule has 0 bridgehead atoms. The summed E-state index contributed by atoms with van der Waals surface area (Å²) in [6, 6.07) is 2.19. The fourth-order valence-corrected chi connectivity index (χ4v) is 2.00. The summed E-state index contributed by atoms with van der Waals surface area (Å²) in [4.78, 5) is 10.3. The number of carbonyl (C=O) groups is 1. The molecule has 1 saturated carbocycles. The number of nitrogens with zero attached hydrogens (tertiary/aromatic N) is 1. The van der Waals surface area contributed by atoms with Crippen LogP contribution < -0.4 is 5.32 Å². The topological polar surface area (TPSA) is 73.1 Å². The number of rotatable bonds is 3. The molecule has 0 aromatic carbocycles. The van der Waals surface area contributed by atoms with E-state index in [1.807, 2.05) is 0 Å². The van der Waals surface area contributed by atoms with Gasteiger partial charge in [0.15, 0.2) is 0 Å². The minimum atomic E-state index is -0.941. The first-order chi connectivity index (χ1) is 6.72. The van der Waals surface area contributed by atoms with Gasteiger partial charge < -0.3 is 10.4 Å². The molecule has 2 N–H and O–H groups in total. The molecule has 0 atom stereocenters. The van der Waals surface area contributed by atoms with Gasteiger partial charge in [0.1, 0.15) is 0 Å². The summed E-state index contributed by atoms with van der Waals surface area (Å²) >= 11 is 0. The number of hydrogen-bond donors (Lipinski definition) is 2. The molecule has 0 heterocycles. The fraction of sp³-hybridized carbons (Fsp3) is 0.800. The summed E-state index contributed by atoms with van der Waals surface area (Å²) in [7, 11) is 0. The maximum atomic E-state index is 10.3. The summed E-state index contributed by atoms with van der Waals surface area (Å²) in [6.45, 7) is 0.564. The molecule has 1 aliphatic rings. The van der Waals surface area contributed by atoms with Gasteiger partial charge in [-0.15, -0.1) is 0 Å². The minimum absolute atomic E-state index is 0.473. The number of hydrogen-bond acceptors (Lipinski definition) is 2. The molecule has 0 aliphatic heterocycles. The lowest BCUT2D eigenvalue weighted by atomic mass is 9.81. The zero-order chi connectivity index (χ0) is 10.4. The van der Waals surface area contributed by atoms with Crippen LogP contribution in [0.4, 0.5) is 4.79 Å². The Hall–Kier alpha value is -1.24. The summed E-state index contributed by atoms with van der Waals surface area (Å²) < 4.78 is 0. The van der Waals surface area contributed by atoms with Gasteiger partial charge >= 0.3 is 6.09 Å². The predicted molar refractivity (Wildman–Crippen MR) is 51.7 cm³/mol. The van der Waals surface area contributed by atoms with E-state index < -0.39 is 6.09 Å². The second-order valence-corrected chi connectivity index (χ2v) is 3.94. The smallest absolute Gasteiger partial charge is 0.404 e. The third kappa shape index (κ3) is 3.65. The highest BCUT2D eigenvalue weighted by atomic mass is 16.4. The van der Waals surface area contributed by atoms with Gasteiger partial charge in [0.25, 0.3) is 0 Å². The SMILES string of the molecule is N#CC[C@H]1CC[C@H](CNC(=O)O)CC1. The molecule has 1 fully saturated rings. The van der Waals surface area contributed by atoms with E-state index in [-0.39, 0.29) is 0 Å².